The van der Waals surface area contributed by atoms with Crippen LogP contribution in [0.5, 0.6) is 5.75 Å². The molecule has 1 saturated heterocycles. The largest absolute Gasteiger partial charge is 0.507 e. The molecule has 2 aliphatic heterocycles. The maximum atomic E-state index is 15.2. The molecule has 232 valence electrons. The van der Waals surface area contributed by atoms with Gasteiger partial charge in [-0.15, -0.1) is 0 Å². The minimum atomic E-state index is -0.735. The first-order valence-corrected chi connectivity index (χ1v) is 15.0. The van der Waals surface area contributed by atoms with E-state index in [0.717, 1.165) is 5.56 Å². The zero-order chi connectivity index (χ0) is 32.3. The van der Waals surface area contributed by atoms with E-state index in [1.54, 1.807) is 30.3 Å². The molecule has 5 heterocycles. The molecule has 1 fully saturated rings. The summed E-state index contributed by atoms with van der Waals surface area (Å²) >= 11 is 6.84. The monoisotopic (exact) mass is 630 g/mol. The molecule has 10 nitrogen and oxygen atoms in total. The first-order valence-electron chi connectivity index (χ1n) is 14.6. The van der Waals surface area contributed by atoms with E-state index in [2.05, 4.69) is 11.6 Å². The molecular weight excluding hydrogens is 599 g/mol. The van der Waals surface area contributed by atoms with Crippen molar-refractivity contribution in [3.05, 3.63) is 81.6 Å². The number of rotatable bonds is 4. The van der Waals surface area contributed by atoms with Crippen LogP contribution in [0.2, 0.25) is 5.02 Å². The topological polar surface area (TPSA) is 112 Å². The zero-order valence-electron chi connectivity index (χ0n) is 25.3. The number of carbonyl (C=O) groups is 2. The molecule has 0 bridgehead atoms. The first-order chi connectivity index (χ1) is 21.4. The zero-order valence-corrected chi connectivity index (χ0v) is 26.1. The Bertz CT molecular complexity index is 1960. The molecule has 12 heteroatoms. The lowest BCUT2D eigenvalue weighted by Crippen LogP contribution is -2.55. The number of hydrogen-bond acceptors (Lipinski definition) is 7. The van der Waals surface area contributed by atoms with Gasteiger partial charge in [0.15, 0.2) is 5.65 Å². The summed E-state index contributed by atoms with van der Waals surface area (Å²) in [6, 6.07) is 6.84. The third kappa shape index (κ3) is 4.82. The van der Waals surface area contributed by atoms with Crippen molar-refractivity contribution in [3.63, 3.8) is 0 Å². The van der Waals surface area contributed by atoms with Gasteiger partial charge in [-0.2, -0.15) is 0 Å². The molecular formula is C33H32ClFN6O4. The second kappa shape index (κ2) is 11.3. The molecule has 1 atom stereocenters. The van der Waals surface area contributed by atoms with Crippen LogP contribution in [0.3, 0.4) is 0 Å². The van der Waals surface area contributed by atoms with Crippen LogP contribution in [0.4, 0.5) is 15.8 Å². The number of piperazine rings is 1. The number of nitrogens with zero attached hydrogens (tertiary/aromatic N) is 6. The van der Waals surface area contributed by atoms with E-state index in [1.807, 2.05) is 25.7 Å². The van der Waals surface area contributed by atoms with Crippen LogP contribution in [-0.4, -0.2) is 69.1 Å². The number of fused-ring (bicyclic) bond motifs is 5. The number of hydrogen-bond donors (Lipinski definition) is 1. The molecule has 6 rings (SSSR count). The molecule has 0 unspecified atom stereocenters. The van der Waals surface area contributed by atoms with Gasteiger partial charge >= 0.3 is 0 Å². The lowest BCUT2D eigenvalue weighted by Gasteiger charge is -2.42. The van der Waals surface area contributed by atoms with Crippen LogP contribution in [0.25, 0.3) is 28.0 Å². The van der Waals surface area contributed by atoms with E-state index in [0.29, 0.717) is 35.5 Å². The molecule has 3 aromatic heterocycles. The van der Waals surface area contributed by atoms with E-state index in [9.17, 15) is 19.5 Å². The number of anilines is 2. The Labute approximate surface area is 264 Å². The molecule has 1 N–H and O–H groups in total. The van der Waals surface area contributed by atoms with E-state index < -0.39 is 17.4 Å². The van der Waals surface area contributed by atoms with Crippen molar-refractivity contribution in [2.75, 3.05) is 36.5 Å². The maximum absolute atomic E-state index is 15.2. The number of carbonyl (C=O) groups excluding carboxylic acids is 2. The lowest BCUT2D eigenvalue weighted by molar-refractivity contribution is -0.127. The van der Waals surface area contributed by atoms with Gasteiger partial charge in [0.1, 0.15) is 17.3 Å². The fourth-order valence-corrected chi connectivity index (χ4v) is 6.63. The number of aryl methyl sites for hydroxylation is 1. The van der Waals surface area contributed by atoms with Crippen LogP contribution in [0.15, 0.2) is 54.0 Å². The second-order valence-electron chi connectivity index (χ2n) is 11.7. The third-order valence-electron chi connectivity index (χ3n) is 8.58. The molecule has 45 heavy (non-hydrogen) atoms. The molecule has 2 amide bonds. The summed E-state index contributed by atoms with van der Waals surface area (Å²) in [5.74, 6) is -1.73. The summed E-state index contributed by atoms with van der Waals surface area (Å²) in [6.07, 6.45) is 2.97. The summed E-state index contributed by atoms with van der Waals surface area (Å²) in [4.78, 5) is 55.4. The van der Waals surface area contributed by atoms with Crippen LogP contribution in [0, 0.1) is 12.7 Å². The van der Waals surface area contributed by atoms with Crippen molar-refractivity contribution in [3.8, 4) is 22.7 Å². The van der Waals surface area contributed by atoms with Crippen LogP contribution >= 0.6 is 11.6 Å². The minimum Gasteiger partial charge on any atom is -0.507 e. The van der Waals surface area contributed by atoms with E-state index in [4.69, 9.17) is 16.6 Å². The Morgan fingerprint density at radius 3 is 2.62 bits per heavy atom. The molecule has 2 aliphatic rings. The van der Waals surface area contributed by atoms with Gasteiger partial charge in [-0.3, -0.25) is 23.9 Å². The van der Waals surface area contributed by atoms with E-state index in [1.165, 1.54) is 33.7 Å². The number of benzene rings is 1. The standard InChI is InChI=1S/C33H32ClFN6O4/c1-6-24(43)39-12-13-40-19(16-39)14-25(44)38(5)31-30(40)20-15-21(34)28(26-22(35)8-7-9-23(26)42)37-32(20)41(33(31)45)29-18(4)10-11-36-27(29)17(2)3/h6-11,15,17,19,42H,1,12-14,16H2,2-5H3/t19-/m0/s1. The smallest absolute Gasteiger partial charge is 0.283 e. The van der Waals surface area contributed by atoms with Crippen LogP contribution in [0.1, 0.15) is 37.4 Å². The molecule has 1 aromatic carbocycles. The minimum absolute atomic E-state index is 0.0394. The Balaban J connectivity index is 1.76. The van der Waals surface area contributed by atoms with Crippen molar-refractivity contribution < 1.29 is 19.1 Å². The number of halogens is 2. The van der Waals surface area contributed by atoms with Crippen LogP contribution < -0.4 is 15.4 Å². The number of phenols is 1. The average Bonchev–Trinajstić information content (AvgIpc) is 3.11. The highest BCUT2D eigenvalue weighted by molar-refractivity contribution is 6.34. The molecule has 0 aliphatic carbocycles. The second-order valence-corrected chi connectivity index (χ2v) is 12.1. The van der Waals surface area contributed by atoms with Crippen LogP contribution in [-0.2, 0) is 9.59 Å². The van der Waals surface area contributed by atoms with Gasteiger partial charge in [0, 0.05) is 44.7 Å². The average molecular weight is 631 g/mol. The van der Waals surface area contributed by atoms with Crippen molar-refractivity contribution >= 4 is 45.8 Å². The highest BCUT2D eigenvalue weighted by Crippen LogP contribution is 2.44. The normalized spacial score (nSPS) is 16.6. The van der Waals surface area contributed by atoms with Gasteiger partial charge in [-0.05, 0) is 48.7 Å². The van der Waals surface area contributed by atoms with Gasteiger partial charge in [0.2, 0.25) is 11.8 Å². The van der Waals surface area contributed by atoms with Crippen molar-refractivity contribution in [1.82, 2.24) is 19.4 Å². The maximum Gasteiger partial charge on any atom is 0.283 e. The number of aromatic hydroxyl groups is 1. The first kappa shape index (κ1) is 30.3. The van der Waals surface area contributed by atoms with Gasteiger partial charge < -0.3 is 19.8 Å². The van der Waals surface area contributed by atoms with Crippen molar-refractivity contribution in [2.45, 2.75) is 39.2 Å². The van der Waals surface area contributed by atoms with Gasteiger partial charge in [0.25, 0.3) is 5.56 Å². The fraction of sp³-hybridized carbons (Fsp3) is 0.303. The predicted octanol–water partition coefficient (Wildman–Crippen LogP) is 4.95. The quantitative estimate of drug-likeness (QED) is 0.318. The molecule has 0 spiro atoms. The summed E-state index contributed by atoms with van der Waals surface area (Å²) in [6.45, 7) is 10.3. The molecule has 0 radical (unpaired) electrons. The molecule has 0 saturated carbocycles. The van der Waals surface area contributed by atoms with Gasteiger partial charge in [-0.1, -0.05) is 38.1 Å². The van der Waals surface area contributed by atoms with Crippen molar-refractivity contribution in [2.24, 2.45) is 0 Å². The Morgan fingerprint density at radius 2 is 1.93 bits per heavy atom. The molecule has 4 aromatic rings. The summed E-state index contributed by atoms with van der Waals surface area (Å²) < 4.78 is 16.6. The third-order valence-corrected chi connectivity index (χ3v) is 8.87. The van der Waals surface area contributed by atoms with E-state index in [-0.39, 0.29) is 64.1 Å². The highest BCUT2D eigenvalue weighted by atomic mass is 35.5. The number of aromatic nitrogens is 3. The SMILES string of the molecule is C=CC(=O)N1CCN2c3c(c(=O)n(-c4c(C)ccnc4C(C)C)c4nc(-c5c(O)cccc5F)c(Cl)cc34)N(C)C(=O)C[C@H]2C1. The Hall–Kier alpha value is -4.77. The summed E-state index contributed by atoms with van der Waals surface area (Å²) in [5, 5.41) is 11.2. The predicted molar refractivity (Wildman–Crippen MR) is 172 cm³/mol. The number of pyridine rings is 3. The van der Waals surface area contributed by atoms with Gasteiger partial charge in [-0.25, -0.2) is 9.37 Å². The number of amides is 2. The van der Waals surface area contributed by atoms with E-state index >= 15 is 4.39 Å². The number of phenolic OH excluding ortho intramolecular Hbond substituents is 1. The highest BCUT2D eigenvalue weighted by Gasteiger charge is 2.40. The summed E-state index contributed by atoms with van der Waals surface area (Å²) in [5.41, 5.74) is 1.83. The lowest BCUT2D eigenvalue weighted by atomic mass is 10.0. The fourth-order valence-electron chi connectivity index (χ4n) is 6.38. The Morgan fingerprint density at radius 1 is 1.18 bits per heavy atom. The summed E-state index contributed by atoms with van der Waals surface area (Å²) in [7, 11) is 1.56. The Kier molecular flexibility index (Phi) is 7.60. The van der Waals surface area contributed by atoms with Gasteiger partial charge in [0.05, 0.1) is 39.4 Å². The van der Waals surface area contributed by atoms with Crippen molar-refractivity contribution in [1.29, 1.82) is 0 Å².